The normalized spacial score (nSPS) is 12.5. The summed E-state index contributed by atoms with van der Waals surface area (Å²) in [5, 5.41) is 2.90. The topological polar surface area (TPSA) is 58.4 Å². The Hall–Kier alpha value is -1.55. The van der Waals surface area contributed by atoms with E-state index in [0.29, 0.717) is 23.8 Å². The Kier molecular flexibility index (Phi) is 4.52. The number of hydrogen-bond donors (Lipinski definition) is 2. The first kappa shape index (κ1) is 13.5. The predicted octanol–water partition coefficient (Wildman–Crippen LogP) is 1.26. The van der Waals surface area contributed by atoms with Gasteiger partial charge in [-0.25, -0.2) is 0 Å². The molecule has 1 aromatic rings. The van der Waals surface area contributed by atoms with Crippen molar-refractivity contribution in [2.45, 2.75) is 19.9 Å². The Morgan fingerprint density at radius 3 is 2.59 bits per heavy atom. The van der Waals surface area contributed by atoms with Gasteiger partial charge < -0.3 is 16.0 Å². The highest BCUT2D eigenvalue weighted by atomic mass is 16.1. The van der Waals surface area contributed by atoms with E-state index in [9.17, 15) is 4.79 Å². The molecule has 0 radical (unpaired) electrons. The van der Waals surface area contributed by atoms with E-state index in [1.165, 1.54) is 0 Å². The molecule has 1 unspecified atom stereocenters. The van der Waals surface area contributed by atoms with Crippen molar-refractivity contribution in [1.29, 1.82) is 0 Å². The second-order valence-corrected chi connectivity index (χ2v) is 4.66. The highest BCUT2D eigenvalue weighted by Crippen LogP contribution is 2.11. The number of carbonyl (C=O) groups is 1. The van der Waals surface area contributed by atoms with E-state index in [-0.39, 0.29) is 5.91 Å². The van der Waals surface area contributed by atoms with Crippen LogP contribution in [-0.2, 0) is 0 Å². The fourth-order valence-electron chi connectivity index (χ4n) is 1.47. The molecule has 0 saturated heterocycles. The minimum absolute atomic E-state index is 0.0749. The zero-order valence-electron chi connectivity index (χ0n) is 10.9. The van der Waals surface area contributed by atoms with Gasteiger partial charge in [0, 0.05) is 23.8 Å². The molecule has 94 valence electrons. The second-order valence-electron chi connectivity index (χ2n) is 4.66. The van der Waals surface area contributed by atoms with Crippen LogP contribution in [0.15, 0.2) is 18.2 Å². The molecule has 0 aromatic heterocycles. The number of anilines is 1. The van der Waals surface area contributed by atoms with Gasteiger partial charge >= 0.3 is 0 Å². The van der Waals surface area contributed by atoms with Crippen LogP contribution in [0.25, 0.3) is 0 Å². The lowest BCUT2D eigenvalue weighted by atomic mass is 10.1. The summed E-state index contributed by atoms with van der Waals surface area (Å²) in [4.78, 5) is 14.0. The molecule has 1 aromatic carbocycles. The summed E-state index contributed by atoms with van der Waals surface area (Å²) in [6, 6.07) is 5.69. The van der Waals surface area contributed by atoms with Crippen LogP contribution >= 0.6 is 0 Å². The summed E-state index contributed by atoms with van der Waals surface area (Å²) >= 11 is 0. The first-order valence-corrected chi connectivity index (χ1v) is 5.72. The molecule has 1 atom stereocenters. The lowest BCUT2D eigenvalue weighted by Crippen LogP contribution is -2.38. The Labute approximate surface area is 103 Å². The van der Waals surface area contributed by atoms with Crippen molar-refractivity contribution in [2.75, 3.05) is 26.4 Å². The Balaban J connectivity index is 2.64. The fourth-order valence-corrected chi connectivity index (χ4v) is 1.47. The van der Waals surface area contributed by atoms with Gasteiger partial charge in [-0.3, -0.25) is 4.79 Å². The van der Waals surface area contributed by atoms with E-state index in [1.54, 1.807) is 6.07 Å². The van der Waals surface area contributed by atoms with Gasteiger partial charge in [-0.05, 0) is 51.7 Å². The van der Waals surface area contributed by atoms with Crippen molar-refractivity contribution in [2.24, 2.45) is 0 Å². The maximum atomic E-state index is 11.9. The summed E-state index contributed by atoms with van der Waals surface area (Å²) in [5.41, 5.74) is 7.95. The lowest BCUT2D eigenvalue weighted by molar-refractivity contribution is 0.0943. The third kappa shape index (κ3) is 4.07. The number of rotatable bonds is 4. The SMILES string of the molecule is Cc1cc(N)cc(C(=O)NCC(C)N(C)C)c1. The highest BCUT2D eigenvalue weighted by molar-refractivity contribution is 5.95. The molecule has 0 fully saturated rings. The molecule has 1 rings (SSSR count). The molecule has 4 heteroatoms. The Morgan fingerprint density at radius 1 is 1.41 bits per heavy atom. The van der Waals surface area contributed by atoms with E-state index in [4.69, 9.17) is 5.73 Å². The van der Waals surface area contributed by atoms with Crippen molar-refractivity contribution in [3.05, 3.63) is 29.3 Å². The predicted molar refractivity (Wildman–Crippen MR) is 71.1 cm³/mol. The van der Waals surface area contributed by atoms with Crippen LogP contribution in [0.2, 0.25) is 0 Å². The smallest absolute Gasteiger partial charge is 0.251 e. The standard InChI is InChI=1S/C13H21N3O/c1-9-5-11(7-12(14)6-9)13(17)15-8-10(2)16(3)4/h5-7,10H,8,14H2,1-4H3,(H,15,17). The third-order valence-corrected chi connectivity index (χ3v) is 2.80. The number of hydrogen-bond acceptors (Lipinski definition) is 3. The second kappa shape index (κ2) is 5.68. The molecule has 0 bridgehead atoms. The maximum Gasteiger partial charge on any atom is 0.251 e. The van der Waals surface area contributed by atoms with Crippen LogP contribution in [0.4, 0.5) is 5.69 Å². The van der Waals surface area contributed by atoms with Crippen LogP contribution in [0.3, 0.4) is 0 Å². The number of nitrogens with zero attached hydrogens (tertiary/aromatic N) is 1. The molecule has 0 aliphatic rings. The van der Waals surface area contributed by atoms with Gasteiger partial charge in [0.25, 0.3) is 5.91 Å². The average molecular weight is 235 g/mol. The Bertz CT molecular complexity index is 381. The molecular weight excluding hydrogens is 214 g/mol. The first-order chi connectivity index (χ1) is 7.90. The van der Waals surface area contributed by atoms with Crippen molar-refractivity contribution in [3.63, 3.8) is 0 Å². The summed E-state index contributed by atoms with van der Waals surface area (Å²) in [6.45, 7) is 4.61. The summed E-state index contributed by atoms with van der Waals surface area (Å²) in [5.74, 6) is -0.0749. The van der Waals surface area contributed by atoms with E-state index in [2.05, 4.69) is 17.1 Å². The Morgan fingerprint density at radius 2 is 2.06 bits per heavy atom. The minimum Gasteiger partial charge on any atom is -0.399 e. The summed E-state index contributed by atoms with van der Waals surface area (Å²) in [6.07, 6.45) is 0. The number of carbonyl (C=O) groups excluding carboxylic acids is 1. The molecule has 4 nitrogen and oxygen atoms in total. The molecule has 0 aliphatic carbocycles. The van der Waals surface area contributed by atoms with Crippen LogP contribution in [0, 0.1) is 6.92 Å². The van der Waals surface area contributed by atoms with Crippen molar-refractivity contribution >= 4 is 11.6 Å². The van der Waals surface area contributed by atoms with Gasteiger partial charge in [0.15, 0.2) is 0 Å². The van der Waals surface area contributed by atoms with Crippen molar-refractivity contribution < 1.29 is 4.79 Å². The maximum absolute atomic E-state index is 11.9. The lowest BCUT2D eigenvalue weighted by Gasteiger charge is -2.20. The van der Waals surface area contributed by atoms with Gasteiger partial charge in [-0.15, -0.1) is 0 Å². The molecule has 0 heterocycles. The molecular formula is C13H21N3O. The summed E-state index contributed by atoms with van der Waals surface area (Å²) < 4.78 is 0. The van der Waals surface area contributed by atoms with Gasteiger partial charge in [0.05, 0.1) is 0 Å². The average Bonchev–Trinajstić information content (AvgIpc) is 2.23. The van der Waals surface area contributed by atoms with Crippen molar-refractivity contribution in [1.82, 2.24) is 10.2 Å². The molecule has 0 saturated carbocycles. The molecule has 1 amide bonds. The zero-order chi connectivity index (χ0) is 13.0. The van der Waals surface area contributed by atoms with E-state index < -0.39 is 0 Å². The number of nitrogen functional groups attached to an aromatic ring is 1. The number of nitrogens with one attached hydrogen (secondary N) is 1. The van der Waals surface area contributed by atoms with Crippen LogP contribution in [-0.4, -0.2) is 37.5 Å². The largest absolute Gasteiger partial charge is 0.399 e. The number of likely N-dealkylation sites (N-methyl/N-ethyl adjacent to an activating group) is 1. The number of benzene rings is 1. The quantitative estimate of drug-likeness (QED) is 0.772. The van der Waals surface area contributed by atoms with E-state index in [0.717, 1.165) is 5.56 Å². The minimum atomic E-state index is -0.0749. The monoisotopic (exact) mass is 235 g/mol. The van der Waals surface area contributed by atoms with Gasteiger partial charge in [0.1, 0.15) is 0 Å². The van der Waals surface area contributed by atoms with Crippen LogP contribution in [0.1, 0.15) is 22.8 Å². The molecule has 17 heavy (non-hydrogen) atoms. The van der Waals surface area contributed by atoms with Crippen LogP contribution < -0.4 is 11.1 Å². The third-order valence-electron chi connectivity index (χ3n) is 2.80. The number of nitrogens with two attached hydrogens (primary N) is 1. The number of amides is 1. The zero-order valence-corrected chi connectivity index (χ0v) is 10.9. The van der Waals surface area contributed by atoms with E-state index in [1.807, 2.05) is 33.2 Å². The molecule has 0 spiro atoms. The van der Waals surface area contributed by atoms with Gasteiger partial charge in [0.2, 0.25) is 0 Å². The van der Waals surface area contributed by atoms with Gasteiger partial charge in [-0.1, -0.05) is 0 Å². The van der Waals surface area contributed by atoms with E-state index >= 15 is 0 Å². The molecule has 3 N–H and O–H groups in total. The molecule has 0 aliphatic heterocycles. The highest BCUT2D eigenvalue weighted by Gasteiger charge is 2.09. The van der Waals surface area contributed by atoms with Gasteiger partial charge in [-0.2, -0.15) is 0 Å². The van der Waals surface area contributed by atoms with Crippen molar-refractivity contribution in [3.8, 4) is 0 Å². The fraction of sp³-hybridized carbons (Fsp3) is 0.462. The first-order valence-electron chi connectivity index (χ1n) is 5.72. The number of aryl methyl sites for hydroxylation is 1. The van der Waals surface area contributed by atoms with Crippen LogP contribution in [0.5, 0.6) is 0 Å². The summed E-state index contributed by atoms with van der Waals surface area (Å²) in [7, 11) is 3.98.